The van der Waals surface area contributed by atoms with E-state index in [1.807, 2.05) is 30.5 Å². The number of carbonyl (C=O) groups excluding carboxylic acids is 3. The van der Waals surface area contributed by atoms with E-state index in [-0.39, 0.29) is 5.78 Å². The molecule has 1 amide bonds. The molecule has 1 aromatic carbocycles. The van der Waals surface area contributed by atoms with Crippen LogP contribution in [0.5, 0.6) is 0 Å². The molecule has 0 unspecified atom stereocenters. The van der Waals surface area contributed by atoms with Crippen molar-refractivity contribution in [3.8, 4) is 0 Å². The van der Waals surface area contributed by atoms with E-state index in [0.29, 0.717) is 23.4 Å². The highest BCUT2D eigenvalue weighted by molar-refractivity contribution is 5.99. The predicted octanol–water partition coefficient (Wildman–Crippen LogP) is 4.13. The van der Waals surface area contributed by atoms with Gasteiger partial charge in [0.05, 0.1) is 18.4 Å². The molecule has 0 spiro atoms. The molecule has 0 aliphatic rings. The van der Waals surface area contributed by atoms with E-state index in [1.165, 1.54) is 13.8 Å². The Hall–Kier alpha value is -3.61. The van der Waals surface area contributed by atoms with Gasteiger partial charge in [0.15, 0.2) is 11.9 Å². The van der Waals surface area contributed by atoms with E-state index < -0.39 is 18.0 Å². The molecule has 2 heterocycles. The molecule has 0 saturated carbocycles. The molecule has 0 aliphatic carbocycles. The average Bonchev–Trinajstić information content (AvgIpc) is 3.31. The van der Waals surface area contributed by atoms with Crippen molar-refractivity contribution in [1.29, 1.82) is 0 Å². The number of esters is 1. The molecule has 0 saturated heterocycles. The molecule has 2 aromatic heterocycles. The van der Waals surface area contributed by atoms with E-state index in [0.717, 1.165) is 17.1 Å². The van der Waals surface area contributed by atoms with Crippen molar-refractivity contribution in [1.82, 2.24) is 4.57 Å². The van der Waals surface area contributed by atoms with Gasteiger partial charge in [0, 0.05) is 22.6 Å². The Labute approximate surface area is 174 Å². The molecule has 0 fully saturated rings. The molecule has 7 nitrogen and oxygen atoms in total. The highest BCUT2D eigenvalue weighted by Crippen LogP contribution is 2.19. The van der Waals surface area contributed by atoms with Gasteiger partial charge in [-0.25, -0.2) is 4.79 Å². The van der Waals surface area contributed by atoms with Gasteiger partial charge in [-0.15, -0.1) is 0 Å². The van der Waals surface area contributed by atoms with Crippen molar-refractivity contribution in [2.45, 2.75) is 40.3 Å². The lowest BCUT2D eigenvalue weighted by Crippen LogP contribution is -2.30. The van der Waals surface area contributed by atoms with E-state index in [4.69, 9.17) is 9.15 Å². The van der Waals surface area contributed by atoms with E-state index >= 15 is 0 Å². The van der Waals surface area contributed by atoms with Gasteiger partial charge in [0.1, 0.15) is 5.76 Å². The van der Waals surface area contributed by atoms with E-state index in [2.05, 4.69) is 5.32 Å². The maximum Gasteiger partial charge on any atom is 0.340 e. The first kappa shape index (κ1) is 21.1. The number of anilines is 1. The number of aryl methyl sites for hydroxylation is 1. The lowest BCUT2D eigenvalue weighted by Gasteiger charge is -2.14. The second-order valence-electron chi connectivity index (χ2n) is 7.12. The molecule has 0 aliphatic heterocycles. The number of aromatic nitrogens is 1. The summed E-state index contributed by atoms with van der Waals surface area (Å²) in [4.78, 5) is 36.6. The Kier molecular flexibility index (Phi) is 6.20. The standard InChI is InChI=1S/C23H24N2O5/c1-14-11-21(15(2)25(14)13-20-9-6-10-29-20)23(28)30-17(4)22(27)24-19-8-5-7-18(12-19)16(3)26/h5-12,17H,13H2,1-4H3,(H,24,27)/t17-/m1/s1. The lowest BCUT2D eigenvalue weighted by atomic mass is 10.1. The monoisotopic (exact) mass is 408 g/mol. The molecule has 7 heteroatoms. The van der Waals surface area contributed by atoms with Gasteiger partial charge in [0.2, 0.25) is 0 Å². The van der Waals surface area contributed by atoms with Crippen molar-refractivity contribution in [2.75, 3.05) is 5.32 Å². The second-order valence-corrected chi connectivity index (χ2v) is 7.12. The number of hydrogen-bond donors (Lipinski definition) is 1. The summed E-state index contributed by atoms with van der Waals surface area (Å²) in [5.41, 5.74) is 2.97. The Morgan fingerprint density at radius 3 is 2.57 bits per heavy atom. The summed E-state index contributed by atoms with van der Waals surface area (Å²) in [7, 11) is 0. The van der Waals surface area contributed by atoms with Crippen LogP contribution in [0.3, 0.4) is 0 Å². The number of amides is 1. The summed E-state index contributed by atoms with van der Waals surface area (Å²) in [6, 6.07) is 12.0. The average molecular weight is 408 g/mol. The van der Waals surface area contributed by atoms with Gasteiger partial charge in [0.25, 0.3) is 5.91 Å². The van der Waals surface area contributed by atoms with Crippen molar-refractivity contribution in [2.24, 2.45) is 0 Å². The number of ether oxygens (including phenoxy) is 1. The maximum atomic E-state index is 12.7. The van der Waals surface area contributed by atoms with Crippen LogP contribution in [0, 0.1) is 13.8 Å². The highest BCUT2D eigenvalue weighted by Gasteiger charge is 2.23. The number of benzene rings is 1. The lowest BCUT2D eigenvalue weighted by molar-refractivity contribution is -0.123. The van der Waals surface area contributed by atoms with Crippen LogP contribution in [-0.2, 0) is 16.1 Å². The van der Waals surface area contributed by atoms with E-state index in [9.17, 15) is 14.4 Å². The molecule has 0 radical (unpaired) electrons. The third-order valence-corrected chi connectivity index (χ3v) is 4.88. The fourth-order valence-corrected chi connectivity index (χ4v) is 3.15. The second kappa shape index (κ2) is 8.82. The molecule has 3 aromatic rings. The molecule has 156 valence electrons. The van der Waals surface area contributed by atoms with Gasteiger partial charge in [-0.05, 0) is 58.0 Å². The fraction of sp³-hybridized carbons (Fsp3) is 0.261. The van der Waals surface area contributed by atoms with Crippen LogP contribution in [-0.4, -0.2) is 28.3 Å². The third kappa shape index (κ3) is 4.68. The number of furan rings is 1. The molecule has 30 heavy (non-hydrogen) atoms. The van der Waals surface area contributed by atoms with Crippen LogP contribution < -0.4 is 5.32 Å². The minimum absolute atomic E-state index is 0.101. The number of nitrogens with zero attached hydrogens (tertiary/aromatic N) is 1. The zero-order chi connectivity index (χ0) is 21.8. The molecular weight excluding hydrogens is 384 g/mol. The van der Waals surface area contributed by atoms with Crippen LogP contribution in [0.15, 0.2) is 53.1 Å². The van der Waals surface area contributed by atoms with Gasteiger partial charge < -0.3 is 19.0 Å². The van der Waals surface area contributed by atoms with Crippen molar-refractivity contribution >= 4 is 23.3 Å². The number of hydrogen-bond acceptors (Lipinski definition) is 5. The highest BCUT2D eigenvalue weighted by atomic mass is 16.5. The van der Waals surface area contributed by atoms with Gasteiger partial charge in [-0.3, -0.25) is 9.59 Å². The van der Waals surface area contributed by atoms with Crippen LogP contribution >= 0.6 is 0 Å². The van der Waals surface area contributed by atoms with Gasteiger partial charge in [-0.1, -0.05) is 12.1 Å². The number of rotatable bonds is 7. The topological polar surface area (TPSA) is 90.5 Å². The molecule has 1 N–H and O–H groups in total. The number of ketones is 1. The summed E-state index contributed by atoms with van der Waals surface area (Å²) in [5.74, 6) is -0.380. The SMILES string of the molecule is CC(=O)c1cccc(NC(=O)[C@@H](C)OC(=O)c2cc(C)n(Cc3ccco3)c2C)c1. The van der Waals surface area contributed by atoms with Gasteiger partial charge >= 0.3 is 5.97 Å². The van der Waals surface area contributed by atoms with Crippen LogP contribution in [0.4, 0.5) is 5.69 Å². The first-order valence-electron chi connectivity index (χ1n) is 9.58. The molecule has 1 atom stereocenters. The minimum atomic E-state index is -1.01. The zero-order valence-corrected chi connectivity index (χ0v) is 17.4. The summed E-state index contributed by atoms with van der Waals surface area (Å²) in [5, 5.41) is 2.67. The summed E-state index contributed by atoms with van der Waals surface area (Å²) < 4.78 is 12.7. The van der Waals surface area contributed by atoms with Crippen LogP contribution in [0.25, 0.3) is 0 Å². The maximum absolute atomic E-state index is 12.7. The van der Waals surface area contributed by atoms with Crippen molar-refractivity contribution in [3.05, 3.63) is 77.0 Å². The normalized spacial score (nSPS) is 11.7. The Balaban J connectivity index is 1.67. The number of carbonyl (C=O) groups is 3. The first-order chi connectivity index (χ1) is 14.3. The summed E-state index contributed by atoms with van der Waals surface area (Å²) in [6.07, 6.45) is 0.594. The summed E-state index contributed by atoms with van der Waals surface area (Å²) in [6.45, 7) is 7.17. The zero-order valence-electron chi connectivity index (χ0n) is 17.4. The van der Waals surface area contributed by atoms with Crippen LogP contribution in [0.1, 0.15) is 51.7 Å². The third-order valence-electron chi connectivity index (χ3n) is 4.88. The largest absolute Gasteiger partial charge is 0.467 e. The van der Waals surface area contributed by atoms with Crippen molar-refractivity contribution < 1.29 is 23.5 Å². The van der Waals surface area contributed by atoms with Crippen LogP contribution in [0.2, 0.25) is 0 Å². The quantitative estimate of drug-likeness (QED) is 0.469. The predicted molar refractivity (Wildman–Crippen MR) is 112 cm³/mol. The van der Waals surface area contributed by atoms with E-state index in [1.54, 1.807) is 36.6 Å². The number of Topliss-reactive ketones (excluding diaryl/α,β-unsaturated/α-hetero) is 1. The smallest absolute Gasteiger partial charge is 0.340 e. The Morgan fingerprint density at radius 2 is 1.90 bits per heavy atom. The molecule has 0 bridgehead atoms. The van der Waals surface area contributed by atoms with Gasteiger partial charge in [-0.2, -0.15) is 0 Å². The fourth-order valence-electron chi connectivity index (χ4n) is 3.15. The molecular formula is C23H24N2O5. The Morgan fingerprint density at radius 1 is 1.13 bits per heavy atom. The summed E-state index contributed by atoms with van der Waals surface area (Å²) >= 11 is 0. The minimum Gasteiger partial charge on any atom is -0.467 e. The molecule has 3 rings (SSSR count). The van der Waals surface area contributed by atoms with Crippen molar-refractivity contribution in [3.63, 3.8) is 0 Å². The Bertz CT molecular complexity index is 1080. The first-order valence-corrected chi connectivity index (χ1v) is 9.58. The number of nitrogens with one attached hydrogen (secondary N) is 1.